The summed E-state index contributed by atoms with van der Waals surface area (Å²) in [5.41, 5.74) is 2.44. The third kappa shape index (κ3) is 2.93. The fraction of sp³-hybridized carbons (Fsp3) is 0.357. The molecule has 3 nitrogen and oxygen atoms in total. The monoisotopic (exact) mass is 309 g/mol. The zero-order valence-electron chi connectivity index (χ0n) is 10.3. The molecule has 0 saturated carbocycles. The highest BCUT2D eigenvalue weighted by atomic mass is 79.9. The van der Waals surface area contributed by atoms with Crippen LogP contribution in [0.4, 0.5) is 5.69 Å². The molecular formula is C14H16BrNO2. The lowest BCUT2D eigenvalue weighted by molar-refractivity contribution is -0.132. The van der Waals surface area contributed by atoms with Gasteiger partial charge in [-0.15, -0.1) is 0 Å². The van der Waals surface area contributed by atoms with Crippen LogP contribution in [0.2, 0.25) is 0 Å². The fourth-order valence-corrected chi connectivity index (χ4v) is 2.56. The number of aliphatic carboxylic acids is 1. The molecule has 0 spiro atoms. The van der Waals surface area contributed by atoms with Crippen LogP contribution in [0.15, 0.2) is 28.2 Å². The van der Waals surface area contributed by atoms with Gasteiger partial charge in [-0.05, 0) is 49.6 Å². The molecule has 1 heterocycles. The number of hydrogen-bond donors (Lipinski definition) is 1. The summed E-state index contributed by atoms with van der Waals surface area (Å²) in [4.78, 5) is 13.2. The molecule has 1 saturated heterocycles. The Kier molecular flexibility index (Phi) is 4.07. The average Bonchev–Trinajstić information content (AvgIpc) is 2.82. The lowest BCUT2D eigenvalue weighted by Crippen LogP contribution is -2.18. The Morgan fingerprint density at radius 1 is 1.39 bits per heavy atom. The fourth-order valence-electron chi connectivity index (χ4n) is 2.18. The van der Waals surface area contributed by atoms with Gasteiger partial charge in [-0.1, -0.05) is 15.9 Å². The van der Waals surface area contributed by atoms with Gasteiger partial charge in [0.15, 0.2) is 0 Å². The molecule has 1 aliphatic rings. The highest BCUT2D eigenvalue weighted by Crippen LogP contribution is 2.29. The van der Waals surface area contributed by atoms with E-state index in [1.54, 1.807) is 13.0 Å². The first-order valence-corrected chi connectivity index (χ1v) is 6.83. The summed E-state index contributed by atoms with van der Waals surface area (Å²) >= 11 is 3.44. The molecule has 18 heavy (non-hydrogen) atoms. The largest absolute Gasteiger partial charge is 0.478 e. The Bertz CT molecular complexity index is 491. The molecule has 1 aromatic rings. The van der Waals surface area contributed by atoms with Gasteiger partial charge in [0, 0.05) is 28.8 Å². The molecule has 0 aliphatic carbocycles. The number of benzene rings is 1. The summed E-state index contributed by atoms with van der Waals surface area (Å²) in [6, 6.07) is 6.03. The smallest absolute Gasteiger partial charge is 0.331 e. The maximum atomic E-state index is 10.9. The van der Waals surface area contributed by atoms with E-state index in [0.29, 0.717) is 5.57 Å². The SMILES string of the molecule is C/C(=C\c1cc(Br)ccc1N1CCCC1)C(=O)O. The van der Waals surface area contributed by atoms with Crippen LogP contribution >= 0.6 is 15.9 Å². The maximum absolute atomic E-state index is 10.9. The molecule has 0 amide bonds. The summed E-state index contributed by atoms with van der Waals surface area (Å²) < 4.78 is 0.967. The molecule has 0 aromatic heterocycles. The standard InChI is InChI=1S/C14H16BrNO2/c1-10(14(17)18)8-11-9-12(15)4-5-13(11)16-6-2-3-7-16/h4-5,8-9H,2-3,6-7H2,1H3,(H,17,18)/b10-8+. The number of hydrogen-bond acceptors (Lipinski definition) is 2. The van der Waals surface area contributed by atoms with Crippen molar-refractivity contribution in [2.24, 2.45) is 0 Å². The van der Waals surface area contributed by atoms with E-state index in [-0.39, 0.29) is 0 Å². The van der Waals surface area contributed by atoms with Crippen molar-refractivity contribution in [3.05, 3.63) is 33.8 Å². The topological polar surface area (TPSA) is 40.5 Å². The van der Waals surface area contributed by atoms with E-state index in [9.17, 15) is 4.79 Å². The molecule has 2 rings (SSSR count). The quantitative estimate of drug-likeness (QED) is 0.868. The second-order valence-electron chi connectivity index (χ2n) is 4.53. The van der Waals surface area contributed by atoms with E-state index in [0.717, 1.165) is 28.8 Å². The lowest BCUT2D eigenvalue weighted by atomic mass is 10.1. The van der Waals surface area contributed by atoms with Gasteiger partial charge in [-0.25, -0.2) is 4.79 Å². The van der Waals surface area contributed by atoms with Gasteiger partial charge in [0.25, 0.3) is 0 Å². The second kappa shape index (κ2) is 5.57. The van der Waals surface area contributed by atoms with Crippen LogP contribution in [0.25, 0.3) is 6.08 Å². The van der Waals surface area contributed by atoms with Crippen LogP contribution in [-0.2, 0) is 4.79 Å². The van der Waals surface area contributed by atoms with Crippen LogP contribution in [0.5, 0.6) is 0 Å². The number of nitrogens with zero attached hydrogens (tertiary/aromatic N) is 1. The Morgan fingerprint density at radius 3 is 2.67 bits per heavy atom. The first-order chi connectivity index (χ1) is 8.58. The molecule has 0 atom stereocenters. The molecule has 1 fully saturated rings. The number of carboxylic acid groups (broad SMARTS) is 1. The molecule has 96 valence electrons. The van der Waals surface area contributed by atoms with E-state index < -0.39 is 5.97 Å². The minimum absolute atomic E-state index is 0.355. The predicted molar refractivity (Wildman–Crippen MR) is 76.9 cm³/mol. The molecule has 1 N–H and O–H groups in total. The number of anilines is 1. The van der Waals surface area contributed by atoms with Crippen LogP contribution in [-0.4, -0.2) is 24.2 Å². The highest BCUT2D eigenvalue weighted by molar-refractivity contribution is 9.10. The Hall–Kier alpha value is -1.29. The minimum atomic E-state index is -0.873. The summed E-state index contributed by atoms with van der Waals surface area (Å²) in [5.74, 6) is -0.873. The zero-order chi connectivity index (χ0) is 13.1. The Labute approximate surface area is 115 Å². The van der Waals surface area contributed by atoms with Crippen LogP contribution in [0, 0.1) is 0 Å². The van der Waals surface area contributed by atoms with Crippen molar-refractivity contribution >= 4 is 33.7 Å². The molecule has 0 unspecified atom stereocenters. The number of carboxylic acids is 1. The van der Waals surface area contributed by atoms with Crippen molar-refractivity contribution in [1.29, 1.82) is 0 Å². The van der Waals surface area contributed by atoms with Crippen molar-refractivity contribution in [2.75, 3.05) is 18.0 Å². The maximum Gasteiger partial charge on any atom is 0.331 e. The van der Waals surface area contributed by atoms with E-state index >= 15 is 0 Å². The predicted octanol–water partition coefficient (Wildman–Crippen LogP) is 3.54. The van der Waals surface area contributed by atoms with Gasteiger partial charge >= 0.3 is 5.97 Å². The third-order valence-electron chi connectivity index (χ3n) is 3.15. The normalized spacial score (nSPS) is 16.1. The van der Waals surface area contributed by atoms with Crippen molar-refractivity contribution in [3.63, 3.8) is 0 Å². The first kappa shape index (κ1) is 13.1. The summed E-state index contributed by atoms with van der Waals surface area (Å²) in [6.45, 7) is 3.72. The van der Waals surface area contributed by atoms with Gasteiger partial charge in [0.05, 0.1) is 0 Å². The van der Waals surface area contributed by atoms with Crippen molar-refractivity contribution in [3.8, 4) is 0 Å². The third-order valence-corrected chi connectivity index (χ3v) is 3.64. The van der Waals surface area contributed by atoms with E-state index in [2.05, 4.69) is 26.9 Å². The zero-order valence-corrected chi connectivity index (χ0v) is 11.9. The Morgan fingerprint density at radius 2 is 2.06 bits per heavy atom. The lowest BCUT2D eigenvalue weighted by Gasteiger charge is -2.20. The molecule has 1 aliphatic heterocycles. The summed E-state index contributed by atoms with van der Waals surface area (Å²) in [6.07, 6.45) is 4.15. The van der Waals surface area contributed by atoms with Crippen molar-refractivity contribution in [2.45, 2.75) is 19.8 Å². The van der Waals surface area contributed by atoms with Gasteiger partial charge < -0.3 is 10.0 Å². The highest BCUT2D eigenvalue weighted by Gasteiger charge is 2.15. The van der Waals surface area contributed by atoms with Crippen LogP contribution < -0.4 is 4.90 Å². The van der Waals surface area contributed by atoms with E-state index in [1.165, 1.54) is 12.8 Å². The molecular weight excluding hydrogens is 294 g/mol. The Balaban J connectivity index is 2.40. The number of rotatable bonds is 3. The molecule has 4 heteroatoms. The van der Waals surface area contributed by atoms with Crippen molar-refractivity contribution < 1.29 is 9.90 Å². The van der Waals surface area contributed by atoms with Crippen molar-refractivity contribution in [1.82, 2.24) is 0 Å². The molecule has 1 aromatic carbocycles. The number of carbonyl (C=O) groups is 1. The number of halogens is 1. The van der Waals surface area contributed by atoms with Gasteiger partial charge in [0.1, 0.15) is 0 Å². The summed E-state index contributed by atoms with van der Waals surface area (Å²) in [7, 11) is 0. The van der Waals surface area contributed by atoms with Crippen LogP contribution in [0.3, 0.4) is 0 Å². The minimum Gasteiger partial charge on any atom is -0.478 e. The second-order valence-corrected chi connectivity index (χ2v) is 5.45. The van der Waals surface area contributed by atoms with E-state index in [1.807, 2.05) is 12.1 Å². The molecule has 0 radical (unpaired) electrons. The van der Waals surface area contributed by atoms with Gasteiger partial charge in [0.2, 0.25) is 0 Å². The first-order valence-electron chi connectivity index (χ1n) is 6.04. The van der Waals surface area contributed by atoms with Crippen LogP contribution in [0.1, 0.15) is 25.3 Å². The van der Waals surface area contributed by atoms with E-state index in [4.69, 9.17) is 5.11 Å². The molecule has 0 bridgehead atoms. The summed E-state index contributed by atoms with van der Waals surface area (Å²) in [5, 5.41) is 8.98. The van der Waals surface area contributed by atoms with Gasteiger partial charge in [-0.2, -0.15) is 0 Å². The average molecular weight is 310 g/mol. The van der Waals surface area contributed by atoms with Gasteiger partial charge in [-0.3, -0.25) is 0 Å².